The highest BCUT2D eigenvalue weighted by molar-refractivity contribution is 5.63. The van der Waals surface area contributed by atoms with E-state index in [4.69, 9.17) is 5.73 Å². The van der Waals surface area contributed by atoms with Crippen molar-refractivity contribution in [2.24, 2.45) is 0 Å². The molecule has 1 nitrogen and oxygen atoms in total. The zero-order chi connectivity index (χ0) is 23.3. The van der Waals surface area contributed by atoms with Gasteiger partial charge >= 0.3 is 0 Å². The van der Waals surface area contributed by atoms with Gasteiger partial charge in [0.15, 0.2) is 0 Å². The summed E-state index contributed by atoms with van der Waals surface area (Å²) in [6, 6.07) is 47.4. The maximum atomic E-state index is 6.80. The van der Waals surface area contributed by atoms with Gasteiger partial charge in [-0.2, -0.15) is 0 Å². The van der Waals surface area contributed by atoms with Crippen LogP contribution in [0.5, 0.6) is 0 Å². The Balaban J connectivity index is 1.73. The minimum Gasteiger partial charge on any atom is -0.398 e. The highest BCUT2D eigenvalue weighted by Gasteiger charge is 2.24. The van der Waals surface area contributed by atoms with E-state index in [1.165, 1.54) is 27.8 Å². The quantitative estimate of drug-likeness (QED) is 0.211. The minimum absolute atomic E-state index is 0.0632. The molecule has 0 saturated heterocycles. The van der Waals surface area contributed by atoms with Gasteiger partial charge in [0.25, 0.3) is 0 Å². The zero-order valence-electron chi connectivity index (χ0n) is 19.4. The predicted molar refractivity (Wildman–Crippen MR) is 143 cm³/mol. The second-order valence-electron chi connectivity index (χ2n) is 8.85. The molecular formula is C33H29N. The average molecular weight is 440 g/mol. The van der Waals surface area contributed by atoms with Gasteiger partial charge in [-0.05, 0) is 45.9 Å². The molecule has 0 aromatic heterocycles. The van der Waals surface area contributed by atoms with Gasteiger partial charge < -0.3 is 5.73 Å². The molecule has 5 aromatic carbocycles. The molecule has 0 unspecified atom stereocenters. The zero-order valence-corrected chi connectivity index (χ0v) is 19.4. The molecule has 5 rings (SSSR count). The van der Waals surface area contributed by atoms with Gasteiger partial charge in [-0.25, -0.2) is 0 Å². The lowest BCUT2D eigenvalue weighted by atomic mass is 9.79. The first-order valence-electron chi connectivity index (χ1n) is 11.8. The van der Waals surface area contributed by atoms with Gasteiger partial charge in [-0.1, -0.05) is 133 Å². The van der Waals surface area contributed by atoms with Crippen molar-refractivity contribution in [3.8, 4) is 0 Å². The van der Waals surface area contributed by atoms with Crippen LogP contribution >= 0.6 is 0 Å². The lowest BCUT2D eigenvalue weighted by Gasteiger charge is -2.26. The molecule has 1 heteroatoms. The maximum absolute atomic E-state index is 6.80. The number of hydrogen-bond donors (Lipinski definition) is 1. The Labute approximate surface area is 202 Å². The molecule has 34 heavy (non-hydrogen) atoms. The van der Waals surface area contributed by atoms with E-state index in [2.05, 4.69) is 140 Å². The Morgan fingerprint density at radius 3 is 1.18 bits per heavy atom. The third-order valence-corrected chi connectivity index (χ3v) is 6.62. The second kappa shape index (κ2) is 9.80. The minimum atomic E-state index is 0.0632. The molecule has 5 aromatic rings. The lowest BCUT2D eigenvalue weighted by molar-refractivity contribution is 0.938. The van der Waals surface area contributed by atoms with Crippen molar-refractivity contribution in [3.05, 3.63) is 172 Å². The monoisotopic (exact) mass is 439 g/mol. The van der Waals surface area contributed by atoms with Gasteiger partial charge in [-0.15, -0.1) is 0 Å². The third kappa shape index (κ3) is 4.38. The van der Waals surface area contributed by atoms with E-state index in [1.54, 1.807) is 0 Å². The standard InChI is InChI=1S/C33H29N/c1-24-22-29(31(25-14-6-2-7-15-25)26-16-8-3-9-17-26)23-30(33(24)34)32(27-18-10-4-11-19-27)28-20-12-5-13-21-28/h2-23,31-32H,34H2,1H3. The Hall–Kier alpha value is -4.10. The molecule has 0 radical (unpaired) electrons. The molecule has 0 atom stereocenters. The third-order valence-electron chi connectivity index (χ3n) is 6.62. The molecule has 0 heterocycles. The van der Waals surface area contributed by atoms with Crippen LogP contribution in [0.3, 0.4) is 0 Å². The number of aryl methyl sites for hydroxylation is 1. The highest BCUT2D eigenvalue weighted by atomic mass is 14.6. The molecule has 0 aliphatic carbocycles. The van der Waals surface area contributed by atoms with E-state index in [0.717, 1.165) is 16.8 Å². The number of nitrogens with two attached hydrogens (primary N) is 1. The van der Waals surface area contributed by atoms with Crippen molar-refractivity contribution in [2.45, 2.75) is 18.8 Å². The average Bonchev–Trinajstić information content (AvgIpc) is 2.90. The van der Waals surface area contributed by atoms with Crippen molar-refractivity contribution in [3.63, 3.8) is 0 Å². The number of anilines is 1. The fraction of sp³-hybridized carbons (Fsp3) is 0.0909. The normalized spacial score (nSPS) is 11.1. The fourth-order valence-corrected chi connectivity index (χ4v) is 4.97. The van der Waals surface area contributed by atoms with Crippen LogP contribution in [-0.2, 0) is 0 Å². The van der Waals surface area contributed by atoms with Crippen LogP contribution in [0.25, 0.3) is 0 Å². The Bertz CT molecular complexity index is 1260. The van der Waals surface area contributed by atoms with Gasteiger partial charge in [-0.3, -0.25) is 0 Å². The van der Waals surface area contributed by atoms with Crippen LogP contribution in [0.2, 0.25) is 0 Å². The molecule has 0 saturated carbocycles. The van der Waals surface area contributed by atoms with Gasteiger partial charge in [0, 0.05) is 17.5 Å². The lowest BCUT2D eigenvalue weighted by Crippen LogP contribution is -2.11. The molecule has 2 N–H and O–H groups in total. The Morgan fingerprint density at radius 2 is 0.794 bits per heavy atom. The van der Waals surface area contributed by atoms with E-state index in [-0.39, 0.29) is 11.8 Å². The van der Waals surface area contributed by atoms with Crippen molar-refractivity contribution in [1.29, 1.82) is 0 Å². The van der Waals surface area contributed by atoms with Crippen LogP contribution in [0.15, 0.2) is 133 Å². The van der Waals surface area contributed by atoms with E-state index >= 15 is 0 Å². The first kappa shape index (κ1) is 21.7. The summed E-state index contributed by atoms with van der Waals surface area (Å²) in [7, 11) is 0. The van der Waals surface area contributed by atoms with Gasteiger partial charge in [0.05, 0.1) is 0 Å². The summed E-state index contributed by atoms with van der Waals surface area (Å²) in [6.45, 7) is 2.13. The summed E-state index contributed by atoms with van der Waals surface area (Å²) in [4.78, 5) is 0. The summed E-state index contributed by atoms with van der Waals surface area (Å²) in [5.41, 5.74) is 16.2. The number of benzene rings is 5. The predicted octanol–water partition coefficient (Wildman–Crippen LogP) is 7.94. The molecular weight excluding hydrogens is 410 g/mol. The Morgan fingerprint density at radius 1 is 0.441 bits per heavy atom. The van der Waals surface area contributed by atoms with Gasteiger partial charge in [0.2, 0.25) is 0 Å². The molecule has 0 aliphatic rings. The number of rotatable bonds is 6. The van der Waals surface area contributed by atoms with Crippen LogP contribution in [0.4, 0.5) is 5.69 Å². The maximum Gasteiger partial charge on any atom is 0.0386 e. The van der Waals surface area contributed by atoms with Crippen molar-refractivity contribution >= 4 is 5.69 Å². The first-order valence-corrected chi connectivity index (χ1v) is 11.8. The number of hydrogen-bond acceptors (Lipinski definition) is 1. The fourth-order valence-electron chi connectivity index (χ4n) is 4.97. The van der Waals surface area contributed by atoms with Crippen molar-refractivity contribution in [2.75, 3.05) is 5.73 Å². The Kier molecular flexibility index (Phi) is 6.27. The molecule has 0 fully saturated rings. The van der Waals surface area contributed by atoms with Crippen molar-refractivity contribution in [1.82, 2.24) is 0 Å². The summed E-state index contributed by atoms with van der Waals surface area (Å²) in [5, 5.41) is 0. The molecule has 0 bridgehead atoms. The van der Waals surface area contributed by atoms with E-state index in [9.17, 15) is 0 Å². The van der Waals surface area contributed by atoms with Crippen LogP contribution < -0.4 is 5.73 Å². The topological polar surface area (TPSA) is 26.0 Å². The molecule has 0 aliphatic heterocycles. The van der Waals surface area contributed by atoms with E-state index in [0.29, 0.717) is 0 Å². The first-order chi connectivity index (χ1) is 16.7. The van der Waals surface area contributed by atoms with E-state index in [1.807, 2.05) is 0 Å². The molecule has 0 spiro atoms. The molecule has 0 amide bonds. The summed E-state index contributed by atoms with van der Waals surface area (Å²) < 4.78 is 0. The highest BCUT2D eigenvalue weighted by Crippen LogP contribution is 2.40. The smallest absolute Gasteiger partial charge is 0.0386 e. The second-order valence-corrected chi connectivity index (χ2v) is 8.85. The largest absolute Gasteiger partial charge is 0.398 e. The van der Waals surface area contributed by atoms with Gasteiger partial charge in [0.1, 0.15) is 0 Å². The van der Waals surface area contributed by atoms with Crippen LogP contribution in [0, 0.1) is 6.92 Å². The van der Waals surface area contributed by atoms with Crippen LogP contribution in [0.1, 0.15) is 50.8 Å². The summed E-state index contributed by atoms with van der Waals surface area (Å²) >= 11 is 0. The van der Waals surface area contributed by atoms with E-state index < -0.39 is 0 Å². The summed E-state index contributed by atoms with van der Waals surface area (Å²) in [5.74, 6) is 0.195. The van der Waals surface area contributed by atoms with Crippen LogP contribution in [-0.4, -0.2) is 0 Å². The van der Waals surface area contributed by atoms with Crippen molar-refractivity contribution < 1.29 is 0 Å². The molecule has 166 valence electrons. The number of nitrogen functional groups attached to an aromatic ring is 1. The SMILES string of the molecule is Cc1cc(C(c2ccccc2)c2ccccc2)cc(C(c2ccccc2)c2ccccc2)c1N. The summed E-state index contributed by atoms with van der Waals surface area (Å²) in [6.07, 6.45) is 0.